The highest BCUT2D eigenvalue weighted by Crippen LogP contribution is 2.05. The number of carbonyl (C=O) groups excluding carboxylic acids is 3. The number of carbonyl (C=O) groups is 3. The maximum Gasteiger partial charge on any atom is 0.330 e. The molecule has 0 aliphatic rings. The zero-order valence-corrected chi connectivity index (χ0v) is 12.2. The Morgan fingerprint density at radius 1 is 1.19 bits per heavy atom. The van der Waals surface area contributed by atoms with E-state index in [4.69, 9.17) is 4.74 Å². The fraction of sp³-hybridized carbons (Fsp3) is 0.312. The molecule has 1 aromatic carbocycles. The van der Waals surface area contributed by atoms with Crippen LogP contribution in [0.15, 0.2) is 42.5 Å². The molecule has 0 spiro atoms. The van der Waals surface area contributed by atoms with Crippen LogP contribution in [0.25, 0.3) is 0 Å². The van der Waals surface area contributed by atoms with Crippen LogP contribution >= 0.6 is 0 Å². The molecule has 5 heteroatoms. The number of esters is 1. The number of benzene rings is 1. The minimum absolute atomic E-state index is 0.247. The van der Waals surface area contributed by atoms with Crippen LogP contribution in [0.5, 0.6) is 0 Å². The van der Waals surface area contributed by atoms with Gasteiger partial charge in [-0.25, -0.2) is 4.79 Å². The normalized spacial score (nSPS) is 11.9. The molecule has 0 saturated heterocycles. The molecule has 0 heterocycles. The van der Waals surface area contributed by atoms with E-state index in [0.717, 1.165) is 17.7 Å². The molecule has 0 aliphatic heterocycles. The summed E-state index contributed by atoms with van der Waals surface area (Å²) in [6, 6.07) is 8.64. The second-order valence-corrected chi connectivity index (χ2v) is 4.43. The first-order valence-electron chi connectivity index (χ1n) is 6.72. The van der Waals surface area contributed by atoms with Crippen molar-refractivity contribution in [2.45, 2.75) is 26.3 Å². The molecule has 1 N–H and O–H groups in total. The summed E-state index contributed by atoms with van der Waals surface area (Å²) < 4.78 is 4.71. The zero-order valence-electron chi connectivity index (χ0n) is 12.2. The number of hydrogen-bond acceptors (Lipinski definition) is 4. The molecule has 1 amide bonds. The van der Waals surface area contributed by atoms with Gasteiger partial charge in [-0.1, -0.05) is 30.3 Å². The third-order valence-corrected chi connectivity index (χ3v) is 2.67. The molecule has 1 unspecified atom stereocenters. The fourth-order valence-electron chi connectivity index (χ4n) is 1.77. The van der Waals surface area contributed by atoms with E-state index in [2.05, 4.69) is 5.32 Å². The summed E-state index contributed by atoms with van der Waals surface area (Å²) in [5, 5.41) is 2.59. The molecule has 0 aromatic heterocycles. The summed E-state index contributed by atoms with van der Waals surface area (Å²) in [5.41, 5.74) is 0.925. The van der Waals surface area contributed by atoms with Crippen molar-refractivity contribution in [3.8, 4) is 0 Å². The van der Waals surface area contributed by atoms with Gasteiger partial charge in [0.15, 0.2) is 5.78 Å². The van der Waals surface area contributed by atoms with Gasteiger partial charge in [0.2, 0.25) is 5.91 Å². The van der Waals surface area contributed by atoms with Crippen LogP contribution in [0.1, 0.15) is 19.4 Å². The van der Waals surface area contributed by atoms with Gasteiger partial charge in [0, 0.05) is 19.4 Å². The fourth-order valence-corrected chi connectivity index (χ4v) is 1.77. The average molecular weight is 289 g/mol. The van der Waals surface area contributed by atoms with E-state index in [-0.39, 0.29) is 18.3 Å². The zero-order chi connectivity index (χ0) is 15.7. The van der Waals surface area contributed by atoms with Crippen LogP contribution < -0.4 is 5.32 Å². The maximum atomic E-state index is 12.1. The van der Waals surface area contributed by atoms with Crippen molar-refractivity contribution in [2.75, 3.05) is 6.61 Å². The summed E-state index contributed by atoms with van der Waals surface area (Å²) in [6.07, 6.45) is 2.58. The van der Waals surface area contributed by atoms with Crippen LogP contribution in [-0.4, -0.2) is 30.3 Å². The van der Waals surface area contributed by atoms with Crippen LogP contribution in [-0.2, 0) is 25.5 Å². The lowest BCUT2D eigenvalue weighted by Gasteiger charge is -2.15. The van der Waals surface area contributed by atoms with E-state index in [0.29, 0.717) is 6.42 Å². The van der Waals surface area contributed by atoms with Gasteiger partial charge in [0.25, 0.3) is 0 Å². The molecule has 0 fully saturated rings. The molecule has 1 rings (SSSR count). The number of amides is 1. The summed E-state index contributed by atoms with van der Waals surface area (Å²) in [4.78, 5) is 34.5. The van der Waals surface area contributed by atoms with Gasteiger partial charge in [0.1, 0.15) is 0 Å². The van der Waals surface area contributed by atoms with Gasteiger partial charge in [-0.3, -0.25) is 9.59 Å². The highest BCUT2D eigenvalue weighted by atomic mass is 16.5. The largest absolute Gasteiger partial charge is 0.463 e. The van der Waals surface area contributed by atoms with Gasteiger partial charge in [-0.15, -0.1) is 0 Å². The van der Waals surface area contributed by atoms with Crippen molar-refractivity contribution in [3.63, 3.8) is 0 Å². The van der Waals surface area contributed by atoms with Crippen molar-refractivity contribution in [3.05, 3.63) is 48.0 Å². The lowest BCUT2D eigenvalue weighted by Crippen LogP contribution is -2.40. The van der Waals surface area contributed by atoms with Gasteiger partial charge in [0.05, 0.1) is 12.6 Å². The van der Waals surface area contributed by atoms with Crippen LogP contribution in [0, 0.1) is 0 Å². The molecular formula is C16H19NO4. The van der Waals surface area contributed by atoms with E-state index in [9.17, 15) is 14.4 Å². The molecular weight excluding hydrogens is 270 g/mol. The van der Waals surface area contributed by atoms with Crippen molar-refractivity contribution in [1.82, 2.24) is 5.32 Å². The number of rotatable bonds is 7. The van der Waals surface area contributed by atoms with E-state index >= 15 is 0 Å². The highest BCUT2D eigenvalue weighted by Gasteiger charge is 2.17. The Kier molecular flexibility index (Phi) is 6.87. The van der Waals surface area contributed by atoms with Gasteiger partial charge >= 0.3 is 5.97 Å². The van der Waals surface area contributed by atoms with E-state index in [1.165, 1.54) is 6.92 Å². The summed E-state index contributed by atoms with van der Waals surface area (Å²) in [6.45, 7) is 3.28. The molecule has 0 radical (unpaired) electrons. The van der Waals surface area contributed by atoms with Crippen molar-refractivity contribution in [1.29, 1.82) is 0 Å². The second kappa shape index (κ2) is 8.68. The number of ketones is 1. The Labute approximate surface area is 124 Å². The molecule has 21 heavy (non-hydrogen) atoms. The topological polar surface area (TPSA) is 72.5 Å². The smallest absolute Gasteiger partial charge is 0.330 e. The molecule has 5 nitrogen and oxygen atoms in total. The molecule has 0 saturated carbocycles. The number of nitrogens with one attached hydrogen (secondary N) is 1. The third-order valence-electron chi connectivity index (χ3n) is 2.67. The SMILES string of the molecule is CCOC(=O)C=CC(=O)C(Cc1ccccc1)NC(C)=O. The first-order chi connectivity index (χ1) is 10.0. The van der Waals surface area contributed by atoms with E-state index in [1.807, 2.05) is 30.3 Å². The Morgan fingerprint density at radius 2 is 1.86 bits per heavy atom. The lowest BCUT2D eigenvalue weighted by molar-refractivity contribution is -0.137. The monoisotopic (exact) mass is 289 g/mol. The van der Waals surface area contributed by atoms with Crippen LogP contribution in [0.3, 0.4) is 0 Å². The van der Waals surface area contributed by atoms with E-state index in [1.54, 1.807) is 6.92 Å². The van der Waals surface area contributed by atoms with Gasteiger partial charge in [-0.2, -0.15) is 0 Å². The van der Waals surface area contributed by atoms with E-state index < -0.39 is 12.0 Å². The lowest BCUT2D eigenvalue weighted by atomic mass is 10.0. The van der Waals surface area contributed by atoms with Crippen molar-refractivity contribution in [2.24, 2.45) is 0 Å². The Balaban J connectivity index is 2.75. The first-order valence-corrected chi connectivity index (χ1v) is 6.72. The minimum Gasteiger partial charge on any atom is -0.463 e. The summed E-state index contributed by atoms with van der Waals surface area (Å²) >= 11 is 0. The maximum absolute atomic E-state index is 12.1. The number of ether oxygens (including phenoxy) is 1. The van der Waals surface area contributed by atoms with Gasteiger partial charge < -0.3 is 10.1 Å². The Morgan fingerprint density at radius 3 is 2.43 bits per heavy atom. The minimum atomic E-state index is -0.699. The average Bonchev–Trinajstić information content (AvgIpc) is 2.45. The molecule has 0 bridgehead atoms. The van der Waals surface area contributed by atoms with Crippen molar-refractivity contribution >= 4 is 17.7 Å². The summed E-state index contributed by atoms with van der Waals surface area (Å²) in [5.74, 6) is -1.22. The summed E-state index contributed by atoms with van der Waals surface area (Å²) in [7, 11) is 0. The Bertz CT molecular complexity index is 522. The Hall–Kier alpha value is -2.43. The van der Waals surface area contributed by atoms with Crippen LogP contribution in [0.2, 0.25) is 0 Å². The highest BCUT2D eigenvalue weighted by molar-refractivity contribution is 6.00. The predicted molar refractivity (Wildman–Crippen MR) is 78.5 cm³/mol. The predicted octanol–water partition coefficient (Wildman–Crippen LogP) is 1.42. The van der Waals surface area contributed by atoms with Crippen molar-refractivity contribution < 1.29 is 19.1 Å². The van der Waals surface area contributed by atoms with Gasteiger partial charge in [-0.05, 0) is 18.6 Å². The quantitative estimate of drug-likeness (QED) is 0.608. The molecule has 112 valence electrons. The first kappa shape index (κ1) is 16.6. The number of hydrogen-bond donors (Lipinski definition) is 1. The standard InChI is InChI=1S/C16H19NO4/c1-3-21-16(20)10-9-15(19)14(17-12(2)18)11-13-7-5-4-6-8-13/h4-10,14H,3,11H2,1-2H3,(H,17,18). The third kappa shape index (κ3) is 6.51. The molecule has 1 atom stereocenters. The van der Waals surface area contributed by atoms with Crippen LogP contribution in [0.4, 0.5) is 0 Å². The molecule has 1 aromatic rings. The molecule has 0 aliphatic carbocycles. The second-order valence-electron chi connectivity index (χ2n) is 4.43.